The van der Waals surface area contributed by atoms with Crippen LogP contribution in [0.4, 0.5) is 5.69 Å². The van der Waals surface area contributed by atoms with Crippen molar-refractivity contribution in [3.8, 4) is 5.69 Å². The van der Waals surface area contributed by atoms with Crippen LogP contribution in [0.25, 0.3) is 11.8 Å². The highest BCUT2D eigenvalue weighted by molar-refractivity contribution is 7.80. The molecule has 0 aliphatic carbocycles. The molecule has 1 heterocycles. The fraction of sp³-hybridized carbons (Fsp3) is 0.174. The fourth-order valence-corrected chi connectivity index (χ4v) is 3.67. The highest BCUT2D eigenvalue weighted by atomic mass is 35.6. The quantitative estimate of drug-likeness (QED) is 0.189. The molecule has 7 nitrogen and oxygen atoms in total. The molecule has 0 saturated heterocycles. The molecule has 34 heavy (non-hydrogen) atoms. The van der Waals surface area contributed by atoms with Crippen LogP contribution in [0.15, 0.2) is 71.5 Å². The van der Waals surface area contributed by atoms with E-state index < -0.39 is 15.9 Å². The maximum absolute atomic E-state index is 13.1. The number of hydrogen-bond donors (Lipinski definition) is 3. The van der Waals surface area contributed by atoms with Gasteiger partial charge in [0.15, 0.2) is 5.11 Å². The van der Waals surface area contributed by atoms with E-state index in [0.717, 1.165) is 5.56 Å². The van der Waals surface area contributed by atoms with Gasteiger partial charge in [-0.1, -0.05) is 83.3 Å². The molecule has 1 unspecified atom stereocenters. The van der Waals surface area contributed by atoms with E-state index in [1.54, 1.807) is 24.7 Å². The van der Waals surface area contributed by atoms with Crippen LogP contribution in [-0.2, 0) is 11.8 Å². The predicted molar refractivity (Wildman–Crippen MR) is 143 cm³/mol. The summed E-state index contributed by atoms with van der Waals surface area (Å²) in [6.45, 7) is 1.77. The van der Waals surface area contributed by atoms with Gasteiger partial charge in [0, 0.05) is 13.1 Å². The van der Waals surface area contributed by atoms with E-state index in [9.17, 15) is 9.59 Å². The molecule has 178 valence electrons. The van der Waals surface area contributed by atoms with Gasteiger partial charge in [0.25, 0.3) is 5.56 Å². The lowest BCUT2D eigenvalue weighted by atomic mass is 10.2. The number of nitrogens with one attached hydrogen (secondary N) is 3. The summed E-state index contributed by atoms with van der Waals surface area (Å²) in [5.74, 6) is -0.502. The van der Waals surface area contributed by atoms with Crippen molar-refractivity contribution in [2.24, 2.45) is 7.05 Å². The van der Waals surface area contributed by atoms with Crippen molar-refractivity contribution in [3.63, 3.8) is 0 Å². The number of aromatic nitrogens is 2. The van der Waals surface area contributed by atoms with Crippen LogP contribution in [0.1, 0.15) is 11.3 Å². The first kappa shape index (κ1) is 25.8. The van der Waals surface area contributed by atoms with E-state index in [2.05, 4.69) is 16.0 Å². The third-order valence-corrected chi connectivity index (χ3v) is 5.78. The molecule has 3 aromatic rings. The van der Waals surface area contributed by atoms with Crippen LogP contribution in [0, 0.1) is 6.92 Å². The number of amides is 1. The molecular formula is C23H22Cl3N5O2S. The van der Waals surface area contributed by atoms with E-state index in [-0.39, 0.29) is 16.4 Å². The molecule has 3 N–H and O–H groups in total. The molecule has 0 saturated carbocycles. The Balaban J connectivity index is 1.74. The molecule has 1 amide bonds. The minimum Gasteiger partial charge on any atom is -0.339 e. The molecule has 0 radical (unpaired) electrons. The monoisotopic (exact) mass is 537 g/mol. The Labute approximate surface area is 217 Å². The second kappa shape index (κ2) is 11.1. The number of para-hydroxylation sites is 1. The van der Waals surface area contributed by atoms with Crippen LogP contribution < -0.4 is 21.5 Å². The molecule has 0 aliphatic heterocycles. The Morgan fingerprint density at radius 1 is 1.03 bits per heavy atom. The first-order valence-electron chi connectivity index (χ1n) is 10.1. The zero-order valence-corrected chi connectivity index (χ0v) is 21.3. The number of nitrogens with zero attached hydrogens (tertiary/aromatic N) is 2. The maximum atomic E-state index is 13.1. The van der Waals surface area contributed by atoms with Crippen molar-refractivity contribution in [2.45, 2.75) is 16.9 Å². The molecule has 1 atom stereocenters. The molecule has 0 spiro atoms. The van der Waals surface area contributed by atoms with E-state index in [4.69, 9.17) is 47.0 Å². The number of alkyl halides is 3. The first-order valence-corrected chi connectivity index (χ1v) is 11.6. The van der Waals surface area contributed by atoms with Gasteiger partial charge in [0.05, 0.1) is 11.4 Å². The third-order valence-electron chi connectivity index (χ3n) is 4.91. The van der Waals surface area contributed by atoms with Gasteiger partial charge >= 0.3 is 0 Å². The number of rotatable bonds is 6. The molecule has 11 heteroatoms. The summed E-state index contributed by atoms with van der Waals surface area (Å²) in [5, 5.41) is 8.18. The fourth-order valence-electron chi connectivity index (χ4n) is 3.12. The summed E-state index contributed by atoms with van der Waals surface area (Å²) in [4.78, 5) is 25.5. The molecule has 0 aliphatic rings. The van der Waals surface area contributed by atoms with E-state index in [1.807, 2.05) is 60.7 Å². The molecule has 1 aromatic heterocycles. The van der Waals surface area contributed by atoms with E-state index in [1.165, 1.54) is 10.8 Å². The average molecular weight is 539 g/mol. The van der Waals surface area contributed by atoms with E-state index >= 15 is 0 Å². The summed E-state index contributed by atoms with van der Waals surface area (Å²) in [6, 6.07) is 18.4. The number of anilines is 1. The number of hydrogen-bond acceptors (Lipinski definition) is 3. The van der Waals surface area contributed by atoms with Crippen molar-refractivity contribution in [1.29, 1.82) is 0 Å². The molecule has 3 rings (SSSR count). The van der Waals surface area contributed by atoms with Gasteiger partial charge in [-0.25, -0.2) is 4.68 Å². The van der Waals surface area contributed by atoms with Crippen molar-refractivity contribution in [3.05, 3.63) is 88.4 Å². The van der Waals surface area contributed by atoms with Gasteiger partial charge in [-0.15, -0.1) is 0 Å². The molecular weight excluding hydrogens is 517 g/mol. The van der Waals surface area contributed by atoms with Gasteiger partial charge in [0.1, 0.15) is 11.9 Å². The smallest absolute Gasteiger partial charge is 0.295 e. The van der Waals surface area contributed by atoms with Crippen molar-refractivity contribution in [2.75, 3.05) is 5.32 Å². The van der Waals surface area contributed by atoms with Crippen molar-refractivity contribution >= 4 is 69.8 Å². The average Bonchev–Trinajstić information content (AvgIpc) is 3.01. The van der Waals surface area contributed by atoms with Crippen molar-refractivity contribution in [1.82, 2.24) is 20.0 Å². The molecule has 2 aromatic carbocycles. The maximum Gasteiger partial charge on any atom is 0.295 e. The van der Waals surface area contributed by atoms with Crippen LogP contribution in [0.3, 0.4) is 0 Å². The third kappa shape index (κ3) is 6.42. The van der Waals surface area contributed by atoms with Crippen LogP contribution in [0.2, 0.25) is 0 Å². The summed E-state index contributed by atoms with van der Waals surface area (Å²) in [5.41, 5.74) is 2.11. The second-order valence-electron chi connectivity index (χ2n) is 7.26. The number of thiocarbonyl (C=S) groups is 1. The number of carbonyl (C=O) groups is 1. The van der Waals surface area contributed by atoms with E-state index in [0.29, 0.717) is 11.4 Å². The normalized spacial score (nSPS) is 12.4. The van der Waals surface area contributed by atoms with Gasteiger partial charge in [-0.2, -0.15) is 0 Å². The highest BCUT2D eigenvalue weighted by Gasteiger charge is 2.34. The topological polar surface area (TPSA) is 80.1 Å². The standard InChI is InChI=1S/C23H22Cl3N5O2S/c1-15-19(20(33)31(30(15)2)17-11-7-4-8-12-17)28-22(34)29-21(23(24,25)26)27-18(32)14-13-16-9-5-3-6-10-16/h3-14,21H,1-2H3,(H,27,32)(H2,28,29,34). The SMILES string of the molecule is Cc1c(NC(=S)NC(NC(=O)C=Cc2ccccc2)C(Cl)(Cl)Cl)c(=O)n(-c2ccccc2)n1C. The lowest BCUT2D eigenvalue weighted by Gasteiger charge is -2.27. The minimum atomic E-state index is -1.93. The van der Waals surface area contributed by atoms with Gasteiger partial charge in [-0.3, -0.25) is 14.3 Å². The number of benzene rings is 2. The Morgan fingerprint density at radius 2 is 1.62 bits per heavy atom. The summed E-state index contributed by atoms with van der Waals surface area (Å²) >= 11 is 23.5. The predicted octanol–water partition coefficient (Wildman–Crippen LogP) is 4.30. The van der Waals surface area contributed by atoms with Crippen LogP contribution in [0.5, 0.6) is 0 Å². The molecule has 0 bridgehead atoms. The lowest BCUT2D eigenvalue weighted by molar-refractivity contribution is -0.117. The Morgan fingerprint density at radius 3 is 2.21 bits per heavy atom. The van der Waals surface area contributed by atoms with Crippen molar-refractivity contribution < 1.29 is 4.79 Å². The Bertz CT molecular complexity index is 1250. The zero-order valence-electron chi connectivity index (χ0n) is 18.3. The lowest BCUT2D eigenvalue weighted by Crippen LogP contribution is -2.56. The number of carbonyl (C=O) groups excluding carboxylic acids is 1. The first-order chi connectivity index (χ1) is 16.1. The zero-order chi connectivity index (χ0) is 24.9. The van der Waals surface area contributed by atoms with Gasteiger partial charge in [-0.05, 0) is 42.9 Å². The Hall–Kier alpha value is -2.78. The number of halogens is 3. The van der Waals surface area contributed by atoms with Crippen LogP contribution >= 0.6 is 47.0 Å². The highest BCUT2D eigenvalue weighted by Crippen LogP contribution is 2.29. The second-order valence-corrected chi connectivity index (χ2v) is 10.0. The molecule has 0 fully saturated rings. The Kier molecular flexibility index (Phi) is 8.43. The minimum absolute atomic E-state index is 0.00493. The largest absolute Gasteiger partial charge is 0.339 e. The van der Waals surface area contributed by atoms with Gasteiger partial charge < -0.3 is 16.0 Å². The summed E-state index contributed by atoms with van der Waals surface area (Å²) in [7, 11) is 1.76. The summed E-state index contributed by atoms with van der Waals surface area (Å²) in [6.07, 6.45) is 1.77. The van der Waals surface area contributed by atoms with Crippen LogP contribution in [-0.4, -0.2) is 30.3 Å². The van der Waals surface area contributed by atoms with Gasteiger partial charge in [0.2, 0.25) is 9.70 Å². The summed E-state index contributed by atoms with van der Waals surface area (Å²) < 4.78 is 1.27.